The molecular weight excluding hydrogens is 322 g/mol. The molecule has 1 aromatic heterocycles. The molecule has 1 aromatic carbocycles. The number of piperidine rings is 1. The molecule has 0 aliphatic carbocycles. The van der Waals surface area contributed by atoms with Gasteiger partial charge in [0.25, 0.3) is 0 Å². The molecule has 0 spiro atoms. The van der Waals surface area contributed by atoms with Gasteiger partial charge in [-0.25, -0.2) is 0 Å². The highest BCUT2D eigenvalue weighted by atomic mass is 16.4. The number of carboxylic acid groups (broad SMARTS) is 1. The van der Waals surface area contributed by atoms with Crippen LogP contribution in [-0.4, -0.2) is 40.2 Å². The molecule has 132 valence electrons. The van der Waals surface area contributed by atoms with Crippen LogP contribution in [0, 0.1) is 5.41 Å². The minimum Gasteiger partial charge on any atom is -0.481 e. The summed E-state index contributed by atoms with van der Waals surface area (Å²) in [5, 5.41) is 24.2. The Hall–Kier alpha value is -2.90. The third kappa shape index (κ3) is 4.14. The van der Waals surface area contributed by atoms with Crippen LogP contribution in [0.2, 0.25) is 0 Å². The normalized spacial score (nSPS) is 15.3. The lowest BCUT2D eigenvalue weighted by atomic mass is 9.96. The second kappa shape index (κ2) is 7.33. The fourth-order valence-electron chi connectivity index (χ4n) is 2.98. The minimum atomic E-state index is -0.871. The maximum Gasteiger partial charge on any atom is 0.303 e. The monoisotopic (exact) mass is 343 g/mol. The zero-order valence-corrected chi connectivity index (χ0v) is 13.8. The van der Waals surface area contributed by atoms with Gasteiger partial charge in [-0.05, 0) is 37.1 Å². The van der Waals surface area contributed by atoms with E-state index >= 15 is 0 Å². The topological polar surface area (TPSA) is 129 Å². The first kappa shape index (κ1) is 16.9. The van der Waals surface area contributed by atoms with Crippen LogP contribution in [-0.2, 0) is 11.2 Å². The van der Waals surface area contributed by atoms with Crippen LogP contribution < -0.4 is 10.6 Å². The number of nitrogens with zero attached hydrogens (tertiary/aromatic N) is 3. The van der Waals surface area contributed by atoms with Crippen LogP contribution in [0.3, 0.4) is 0 Å². The first-order chi connectivity index (χ1) is 12.0. The summed E-state index contributed by atoms with van der Waals surface area (Å²) in [5.41, 5.74) is 7.31. The van der Waals surface area contributed by atoms with Crippen molar-refractivity contribution in [2.24, 2.45) is 5.73 Å². The molecule has 8 heteroatoms. The Morgan fingerprint density at radius 2 is 1.96 bits per heavy atom. The summed E-state index contributed by atoms with van der Waals surface area (Å²) in [6, 6.07) is 7.68. The summed E-state index contributed by atoms with van der Waals surface area (Å²) < 4.78 is 5.61. The van der Waals surface area contributed by atoms with Gasteiger partial charge in [0, 0.05) is 36.7 Å². The van der Waals surface area contributed by atoms with E-state index in [-0.39, 0.29) is 24.6 Å². The number of nitrogens with one attached hydrogen (secondary N) is 1. The quantitative estimate of drug-likeness (QED) is 0.538. The summed E-state index contributed by atoms with van der Waals surface area (Å²) in [6.07, 6.45) is 2.06. The van der Waals surface area contributed by atoms with E-state index in [1.165, 1.54) is 0 Å². The molecule has 1 aliphatic rings. The van der Waals surface area contributed by atoms with Crippen molar-refractivity contribution in [1.82, 2.24) is 10.2 Å². The molecule has 1 aliphatic heterocycles. The Labute approximate surface area is 145 Å². The molecular formula is C17H21N5O3. The molecule has 0 amide bonds. The van der Waals surface area contributed by atoms with Gasteiger partial charge in [-0.15, -0.1) is 10.2 Å². The minimum absolute atomic E-state index is 0.00363. The van der Waals surface area contributed by atoms with Crippen molar-refractivity contribution in [1.29, 1.82) is 5.41 Å². The van der Waals surface area contributed by atoms with E-state index in [2.05, 4.69) is 15.1 Å². The molecule has 0 bridgehead atoms. The van der Waals surface area contributed by atoms with Crippen LogP contribution in [0.4, 0.5) is 5.69 Å². The van der Waals surface area contributed by atoms with Crippen molar-refractivity contribution >= 4 is 17.5 Å². The van der Waals surface area contributed by atoms with Gasteiger partial charge in [-0.1, -0.05) is 0 Å². The number of aryl methyl sites for hydroxylation is 1. The first-order valence-electron chi connectivity index (χ1n) is 8.26. The highest BCUT2D eigenvalue weighted by molar-refractivity contribution is 5.95. The Morgan fingerprint density at radius 1 is 1.28 bits per heavy atom. The molecule has 4 N–H and O–H groups in total. The average Bonchev–Trinajstić information content (AvgIpc) is 3.09. The number of hydrogen-bond acceptors (Lipinski definition) is 6. The van der Waals surface area contributed by atoms with Crippen LogP contribution in [0.25, 0.3) is 0 Å². The number of hydrogen-bond donors (Lipinski definition) is 3. The van der Waals surface area contributed by atoms with Crippen molar-refractivity contribution in [2.75, 3.05) is 18.0 Å². The summed E-state index contributed by atoms with van der Waals surface area (Å²) in [6.45, 7) is 1.74. The maximum absolute atomic E-state index is 10.6. The number of carboxylic acids is 1. The van der Waals surface area contributed by atoms with E-state index in [4.69, 9.17) is 20.7 Å². The van der Waals surface area contributed by atoms with Crippen molar-refractivity contribution in [3.8, 4) is 0 Å². The van der Waals surface area contributed by atoms with Gasteiger partial charge in [0.15, 0.2) is 0 Å². The van der Waals surface area contributed by atoms with Crippen molar-refractivity contribution in [3.63, 3.8) is 0 Å². The lowest BCUT2D eigenvalue weighted by molar-refractivity contribution is -0.137. The number of aromatic nitrogens is 2. The van der Waals surface area contributed by atoms with Crippen LogP contribution in [0.5, 0.6) is 0 Å². The Kier molecular flexibility index (Phi) is 4.97. The van der Waals surface area contributed by atoms with Gasteiger partial charge in [0.2, 0.25) is 11.8 Å². The summed E-state index contributed by atoms with van der Waals surface area (Å²) >= 11 is 0. The van der Waals surface area contributed by atoms with Crippen molar-refractivity contribution < 1.29 is 14.3 Å². The van der Waals surface area contributed by atoms with E-state index in [9.17, 15) is 4.79 Å². The molecule has 1 saturated heterocycles. The predicted octanol–water partition coefficient (Wildman–Crippen LogP) is 1.75. The SMILES string of the molecule is N=C(N)c1ccc(N2CCC(c3nnc(CCC(=O)O)o3)CC2)cc1. The maximum atomic E-state index is 10.6. The summed E-state index contributed by atoms with van der Waals surface area (Å²) in [5.74, 6) is 0.398. The number of nitrogen functional groups attached to an aromatic ring is 1. The van der Waals surface area contributed by atoms with Crippen molar-refractivity contribution in [2.45, 2.75) is 31.6 Å². The number of carbonyl (C=O) groups is 1. The Balaban J connectivity index is 1.56. The van der Waals surface area contributed by atoms with Gasteiger partial charge in [-0.3, -0.25) is 10.2 Å². The molecule has 0 saturated carbocycles. The molecule has 0 atom stereocenters. The van der Waals surface area contributed by atoms with Gasteiger partial charge >= 0.3 is 5.97 Å². The lowest BCUT2D eigenvalue weighted by Crippen LogP contribution is -2.33. The number of anilines is 1. The van der Waals surface area contributed by atoms with Crippen molar-refractivity contribution in [3.05, 3.63) is 41.6 Å². The van der Waals surface area contributed by atoms with E-state index in [0.717, 1.165) is 37.2 Å². The van der Waals surface area contributed by atoms with E-state index in [1.807, 2.05) is 24.3 Å². The van der Waals surface area contributed by atoms with Crippen LogP contribution in [0.1, 0.15) is 42.5 Å². The highest BCUT2D eigenvalue weighted by Crippen LogP contribution is 2.30. The largest absolute Gasteiger partial charge is 0.481 e. The molecule has 1 fully saturated rings. The second-order valence-corrected chi connectivity index (χ2v) is 6.15. The van der Waals surface area contributed by atoms with Gasteiger partial charge in [0.05, 0.1) is 6.42 Å². The average molecular weight is 343 g/mol. The number of nitrogens with two attached hydrogens (primary N) is 1. The zero-order chi connectivity index (χ0) is 17.8. The smallest absolute Gasteiger partial charge is 0.303 e. The number of benzene rings is 1. The molecule has 3 rings (SSSR count). The van der Waals surface area contributed by atoms with Gasteiger partial charge in [0.1, 0.15) is 5.84 Å². The number of aliphatic carboxylic acids is 1. The number of amidine groups is 1. The van der Waals surface area contributed by atoms with E-state index < -0.39 is 5.97 Å². The van der Waals surface area contributed by atoms with Crippen LogP contribution >= 0.6 is 0 Å². The fraction of sp³-hybridized carbons (Fsp3) is 0.412. The summed E-state index contributed by atoms with van der Waals surface area (Å²) in [4.78, 5) is 12.9. The standard InChI is InChI=1S/C17H21N5O3/c18-16(19)11-1-3-13(4-2-11)22-9-7-12(8-10-22)17-21-20-14(25-17)5-6-15(23)24/h1-4,12H,5-10H2,(H3,18,19)(H,23,24). The third-order valence-corrected chi connectivity index (χ3v) is 4.42. The van der Waals surface area contributed by atoms with E-state index in [0.29, 0.717) is 11.8 Å². The van der Waals surface area contributed by atoms with Gasteiger partial charge < -0.3 is 20.2 Å². The van der Waals surface area contributed by atoms with Crippen LogP contribution in [0.15, 0.2) is 28.7 Å². The number of rotatable bonds is 6. The van der Waals surface area contributed by atoms with Gasteiger partial charge in [-0.2, -0.15) is 0 Å². The van der Waals surface area contributed by atoms with E-state index in [1.54, 1.807) is 0 Å². The predicted molar refractivity (Wildman–Crippen MR) is 91.9 cm³/mol. The molecule has 25 heavy (non-hydrogen) atoms. The molecule has 2 heterocycles. The highest BCUT2D eigenvalue weighted by Gasteiger charge is 2.25. The lowest BCUT2D eigenvalue weighted by Gasteiger charge is -2.32. The Bertz CT molecular complexity index is 748. The molecule has 0 radical (unpaired) electrons. The molecule has 2 aromatic rings. The zero-order valence-electron chi connectivity index (χ0n) is 13.8. The third-order valence-electron chi connectivity index (χ3n) is 4.42. The first-order valence-corrected chi connectivity index (χ1v) is 8.26. The molecule has 8 nitrogen and oxygen atoms in total. The Morgan fingerprint density at radius 3 is 2.56 bits per heavy atom. The second-order valence-electron chi connectivity index (χ2n) is 6.15. The molecule has 0 unspecified atom stereocenters. The summed E-state index contributed by atoms with van der Waals surface area (Å²) in [7, 11) is 0. The fourth-order valence-corrected chi connectivity index (χ4v) is 2.98.